The Hall–Kier alpha value is -1.56. The Labute approximate surface area is 113 Å². The third-order valence-electron chi connectivity index (χ3n) is 3.39. The van der Waals surface area contributed by atoms with Crippen molar-refractivity contribution in [1.29, 1.82) is 0 Å². The van der Waals surface area contributed by atoms with Gasteiger partial charge in [0, 0.05) is 12.7 Å². The number of anilines is 1. The summed E-state index contributed by atoms with van der Waals surface area (Å²) in [6, 6.07) is 1.68. The van der Waals surface area contributed by atoms with Crippen LogP contribution in [0, 0.1) is 0 Å². The molecule has 106 valence electrons. The van der Waals surface area contributed by atoms with Gasteiger partial charge in [0.2, 0.25) is 5.91 Å². The lowest BCUT2D eigenvalue weighted by Crippen LogP contribution is -2.34. The fourth-order valence-corrected chi connectivity index (χ4v) is 2.38. The minimum atomic E-state index is -0.0123. The first kappa shape index (κ1) is 13.9. The van der Waals surface area contributed by atoms with Gasteiger partial charge in [0.1, 0.15) is 12.4 Å². The van der Waals surface area contributed by atoms with Crippen molar-refractivity contribution in [1.82, 2.24) is 20.0 Å². The molecule has 0 atom stereocenters. The molecular formula is C13H23N5O. The molecule has 0 bridgehead atoms. The van der Waals surface area contributed by atoms with E-state index in [9.17, 15) is 4.79 Å². The predicted octanol–water partition coefficient (Wildman–Crippen LogP) is 0.457. The van der Waals surface area contributed by atoms with Gasteiger partial charge >= 0.3 is 0 Å². The van der Waals surface area contributed by atoms with Gasteiger partial charge in [-0.3, -0.25) is 9.48 Å². The van der Waals surface area contributed by atoms with Gasteiger partial charge < -0.3 is 16.0 Å². The molecule has 6 heteroatoms. The van der Waals surface area contributed by atoms with E-state index < -0.39 is 0 Å². The number of carbonyl (C=O) groups excluding carboxylic acids is 1. The van der Waals surface area contributed by atoms with Crippen molar-refractivity contribution < 1.29 is 4.79 Å². The standard InChI is InChI=1S/C13H23N5O/c14-12-5-10-18(16-12)11-13(19)15-6-4-9-17-7-2-1-3-8-17/h5,10H,1-4,6-9,11H2,(H2,14,16)(H,15,19). The molecule has 1 aliphatic heterocycles. The monoisotopic (exact) mass is 265 g/mol. The number of piperidine rings is 1. The average molecular weight is 265 g/mol. The lowest BCUT2D eigenvalue weighted by atomic mass is 10.1. The maximum absolute atomic E-state index is 11.6. The minimum Gasteiger partial charge on any atom is -0.382 e. The molecule has 19 heavy (non-hydrogen) atoms. The summed E-state index contributed by atoms with van der Waals surface area (Å²) < 4.78 is 1.55. The first-order chi connectivity index (χ1) is 9.24. The molecule has 1 fully saturated rings. The molecule has 0 spiro atoms. The summed E-state index contributed by atoms with van der Waals surface area (Å²) in [7, 11) is 0. The SMILES string of the molecule is Nc1ccn(CC(=O)NCCCN2CCCCC2)n1. The molecule has 6 nitrogen and oxygen atoms in total. The Kier molecular flexibility index (Phi) is 5.20. The number of amides is 1. The lowest BCUT2D eigenvalue weighted by molar-refractivity contribution is -0.121. The summed E-state index contributed by atoms with van der Waals surface area (Å²) >= 11 is 0. The minimum absolute atomic E-state index is 0.0123. The summed E-state index contributed by atoms with van der Waals surface area (Å²) in [6.45, 7) is 4.46. The van der Waals surface area contributed by atoms with Gasteiger partial charge in [-0.1, -0.05) is 6.42 Å². The van der Waals surface area contributed by atoms with Crippen LogP contribution in [-0.4, -0.2) is 46.8 Å². The third kappa shape index (κ3) is 4.90. The Morgan fingerprint density at radius 1 is 1.37 bits per heavy atom. The Balaban J connectivity index is 1.56. The number of aromatic nitrogens is 2. The second-order valence-electron chi connectivity index (χ2n) is 5.04. The van der Waals surface area contributed by atoms with Crippen molar-refractivity contribution in [2.75, 3.05) is 31.9 Å². The highest BCUT2D eigenvalue weighted by atomic mass is 16.2. The van der Waals surface area contributed by atoms with Crippen LogP contribution in [0.5, 0.6) is 0 Å². The Bertz CT molecular complexity index is 397. The van der Waals surface area contributed by atoms with Crippen molar-refractivity contribution in [3.8, 4) is 0 Å². The third-order valence-corrected chi connectivity index (χ3v) is 3.39. The second-order valence-corrected chi connectivity index (χ2v) is 5.04. The molecule has 2 rings (SSSR count). The fraction of sp³-hybridized carbons (Fsp3) is 0.692. The van der Waals surface area contributed by atoms with E-state index in [1.54, 1.807) is 16.9 Å². The number of hydrogen-bond acceptors (Lipinski definition) is 4. The van der Waals surface area contributed by atoms with Gasteiger partial charge in [-0.25, -0.2) is 0 Å². The van der Waals surface area contributed by atoms with Crippen LogP contribution in [0.25, 0.3) is 0 Å². The van der Waals surface area contributed by atoms with Crippen molar-refractivity contribution >= 4 is 11.7 Å². The second kappa shape index (κ2) is 7.13. The van der Waals surface area contributed by atoms with Crippen LogP contribution in [-0.2, 0) is 11.3 Å². The van der Waals surface area contributed by atoms with Gasteiger partial charge in [0.15, 0.2) is 0 Å². The van der Waals surface area contributed by atoms with Crippen molar-refractivity contribution in [2.24, 2.45) is 0 Å². The van der Waals surface area contributed by atoms with Gasteiger partial charge in [-0.2, -0.15) is 5.10 Å². The van der Waals surface area contributed by atoms with Crippen LogP contribution in [0.2, 0.25) is 0 Å². The van der Waals surface area contributed by atoms with Gasteiger partial charge in [-0.05, 0) is 45.0 Å². The average Bonchev–Trinajstić information content (AvgIpc) is 2.81. The highest BCUT2D eigenvalue weighted by Crippen LogP contribution is 2.08. The number of nitrogen functional groups attached to an aromatic ring is 1. The molecule has 1 aromatic heterocycles. The molecule has 1 amide bonds. The number of rotatable bonds is 6. The van der Waals surface area contributed by atoms with Crippen molar-refractivity contribution in [2.45, 2.75) is 32.2 Å². The molecule has 0 unspecified atom stereocenters. The van der Waals surface area contributed by atoms with E-state index in [2.05, 4.69) is 15.3 Å². The molecule has 0 aromatic carbocycles. The molecule has 0 aliphatic carbocycles. The zero-order valence-corrected chi connectivity index (χ0v) is 11.3. The van der Waals surface area contributed by atoms with E-state index in [0.717, 1.165) is 19.5 Å². The topological polar surface area (TPSA) is 76.2 Å². The number of nitrogens with two attached hydrogens (primary N) is 1. The van der Waals surface area contributed by atoms with Crippen LogP contribution in [0.15, 0.2) is 12.3 Å². The molecule has 3 N–H and O–H groups in total. The molecule has 0 saturated carbocycles. The normalized spacial score (nSPS) is 16.4. The highest BCUT2D eigenvalue weighted by molar-refractivity contribution is 5.75. The Morgan fingerprint density at radius 3 is 2.84 bits per heavy atom. The quantitative estimate of drug-likeness (QED) is 0.733. The van der Waals surface area contributed by atoms with E-state index in [4.69, 9.17) is 5.73 Å². The molecule has 0 radical (unpaired) electrons. The largest absolute Gasteiger partial charge is 0.382 e. The van der Waals surface area contributed by atoms with Crippen LogP contribution in [0.4, 0.5) is 5.82 Å². The number of nitrogens with zero attached hydrogens (tertiary/aromatic N) is 3. The summed E-state index contributed by atoms with van der Waals surface area (Å²) in [5.74, 6) is 0.430. The lowest BCUT2D eigenvalue weighted by Gasteiger charge is -2.26. The van der Waals surface area contributed by atoms with E-state index >= 15 is 0 Å². The van der Waals surface area contributed by atoms with Gasteiger partial charge in [0.05, 0.1) is 0 Å². The first-order valence-electron chi connectivity index (χ1n) is 7.02. The zero-order chi connectivity index (χ0) is 13.5. The van der Waals surface area contributed by atoms with Crippen LogP contribution in [0.3, 0.4) is 0 Å². The summed E-state index contributed by atoms with van der Waals surface area (Å²) in [4.78, 5) is 14.1. The van der Waals surface area contributed by atoms with Crippen LogP contribution >= 0.6 is 0 Å². The van der Waals surface area contributed by atoms with Gasteiger partial charge in [-0.15, -0.1) is 0 Å². The summed E-state index contributed by atoms with van der Waals surface area (Å²) in [6.07, 6.45) is 6.70. The predicted molar refractivity (Wildman–Crippen MR) is 74.6 cm³/mol. The smallest absolute Gasteiger partial charge is 0.241 e. The van der Waals surface area contributed by atoms with Crippen molar-refractivity contribution in [3.05, 3.63) is 12.3 Å². The molecule has 1 aromatic rings. The van der Waals surface area contributed by atoms with Crippen molar-refractivity contribution in [3.63, 3.8) is 0 Å². The maximum atomic E-state index is 11.6. The van der Waals surface area contributed by atoms with Gasteiger partial charge in [0.25, 0.3) is 0 Å². The Morgan fingerprint density at radius 2 is 2.16 bits per heavy atom. The number of hydrogen-bond donors (Lipinski definition) is 2. The molecule has 1 aliphatic rings. The first-order valence-corrected chi connectivity index (χ1v) is 7.02. The number of carbonyl (C=O) groups is 1. The molecule has 1 saturated heterocycles. The van der Waals surface area contributed by atoms with E-state index in [0.29, 0.717) is 5.82 Å². The van der Waals surface area contributed by atoms with E-state index in [1.807, 2.05) is 0 Å². The molecular weight excluding hydrogens is 242 g/mol. The number of nitrogens with one attached hydrogen (secondary N) is 1. The maximum Gasteiger partial charge on any atom is 0.241 e. The van der Waals surface area contributed by atoms with Crippen LogP contribution < -0.4 is 11.1 Å². The van der Waals surface area contributed by atoms with E-state index in [-0.39, 0.29) is 12.5 Å². The highest BCUT2D eigenvalue weighted by Gasteiger charge is 2.09. The zero-order valence-electron chi connectivity index (χ0n) is 11.3. The van der Waals surface area contributed by atoms with E-state index in [1.165, 1.54) is 32.4 Å². The number of likely N-dealkylation sites (tertiary alicyclic amines) is 1. The summed E-state index contributed by atoms with van der Waals surface area (Å²) in [5, 5.41) is 6.89. The summed E-state index contributed by atoms with van der Waals surface area (Å²) in [5.41, 5.74) is 5.49. The fourth-order valence-electron chi connectivity index (χ4n) is 2.38. The molecule has 2 heterocycles. The van der Waals surface area contributed by atoms with Crippen LogP contribution in [0.1, 0.15) is 25.7 Å².